The zero-order valence-electron chi connectivity index (χ0n) is 13.6. The summed E-state index contributed by atoms with van der Waals surface area (Å²) in [5.41, 5.74) is 2.19. The van der Waals surface area contributed by atoms with Crippen molar-refractivity contribution in [2.24, 2.45) is 5.92 Å². The smallest absolute Gasteiger partial charge is 0.235 e. The number of rotatable bonds is 5. The molecule has 0 aliphatic rings. The molecule has 0 saturated heterocycles. The van der Waals surface area contributed by atoms with Gasteiger partial charge in [0.2, 0.25) is 11.1 Å². The molecule has 1 aromatic heterocycles. The number of aromatic nitrogens is 3. The molecule has 1 N–H and O–H groups in total. The lowest BCUT2D eigenvalue weighted by Crippen LogP contribution is -2.34. The van der Waals surface area contributed by atoms with E-state index in [4.69, 9.17) is 0 Å². The minimum atomic E-state index is -0.184. The van der Waals surface area contributed by atoms with Crippen molar-refractivity contribution in [2.45, 2.75) is 31.2 Å². The largest absolute Gasteiger partial charge is 0.348 e. The van der Waals surface area contributed by atoms with Gasteiger partial charge in [0.15, 0.2) is 5.82 Å². The van der Waals surface area contributed by atoms with E-state index in [1.54, 1.807) is 19.0 Å². The zero-order chi connectivity index (χ0) is 16.3. The topological polar surface area (TPSA) is 61.9 Å². The van der Waals surface area contributed by atoms with Gasteiger partial charge in [0, 0.05) is 19.7 Å². The molecule has 5 nitrogen and oxygen atoms in total. The number of carbonyl (C=O) groups excluding carboxylic acids is 1. The van der Waals surface area contributed by atoms with Gasteiger partial charge in [-0.2, -0.15) is 0 Å². The molecule has 0 radical (unpaired) electrons. The third-order valence-corrected chi connectivity index (χ3v) is 4.71. The second-order valence-corrected chi connectivity index (χ2v) is 6.96. The summed E-state index contributed by atoms with van der Waals surface area (Å²) in [6, 6.07) is 8.10. The van der Waals surface area contributed by atoms with Crippen LogP contribution in [0.15, 0.2) is 29.4 Å². The van der Waals surface area contributed by atoms with Crippen molar-refractivity contribution in [1.82, 2.24) is 20.1 Å². The fourth-order valence-electron chi connectivity index (χ4n) is 1.98. The van der Waals surface area contributed by atoms with E-state index in [-0.39, 0.29) is 17.1 Å². The van der Waals surface area contributed by atoms with E-state index in [1.807, 2.05) is 45.0 Å². The zero-order valence-corrected chi connectivity index (χ0v) is 14.4. The molecule has 0 fully saturated rings. The van der Waals surface area contributed by atoms with E-state index >= 15 is 0 Å². The lowest BCUT2D eigenvalue weighted by molar-refractivity contribution is -0.128. The number of hydrogen-bond acceptors (Lipinski definition) is 4. The van der Waals surface area contributed by atoms with E-state index < -0.39 is 0 Å². The first-order chi connectivity index (χ1) is 10.4. The van der Waals surface area contributed by atoms with Crippen LogP contribution in [0.1, 0.15) is 19.4 Å². The minimum Gasteiger partial charge on any atom is -0.348 e. The van der Waals surface area contributed by atoms with Crippen LogP contribution in [0.3, 0.4) is 0 Å². The van der Waals surface area contributed by atoms with E-state index in [2.05, 4.69) is 15.2 Å². The Morgan fingerprint density at radius 3 is 2.41 bits per heavy atom. The van der Waals surface area contributed by atoms with Crippen LogP contribution in [0.4, 0.5) is 0 Å². The Bertz CT molecular complexity index is 634. The van der Waals surface area contributed by atoms with Crippen LogP contribution in [0, 0.1) is 12.8 Å². The normalized spacial score (nSPS) is 12.5. The van der Waals surface area contributed by atoms with Gasteiger partial charge in [0.05, 0.1) is 5.25 Å². The summed E-state index contributed by atoms with van der Waals surface area (Å²) in [6.45, 7) is 6.12. The predicted octanol–water partition coefficient (Wildman–Crippen LogP) is 2.99. The molecule has 1 atom stereocenters. The highest BCUT2D eigenvalue weighted by atomic mass is 32.2. The second kappa shape index (κ2) is 6.96. The number of nitrogens with one attached hydrogen (secondary N) is 1. The molecule has 6 heteroatoms. The third kappa shape index (κ3) is 3.88. The molecule has 2 rings (SSSR count). The quantitative estimate of drug-likeness (QED) is 0.861. The number of carbonyl (C=O) groups is 1. The first-order valence-electron chi connectivity index (χ1n) is 7.25. The highest BCUT2D eigenvalue weighted by molar-refractivity contribution is 8.00. The molecule has 2 aromatic rings. The number of aryl methyl sites for hydroxylation is 1. The third-order valence-electron chi connectivity index (χ3n) is 3.31. The summed E-state index contributed by atoms with van der Waals surface area (Å²) in [5, 5.41) is 7.60. The summed E-state index contributed by atoms with van der Waals surface area (Å²) < 4.78 is 0. The molecule has 1 aromatic carbocycles. The summed E-state index contributed by atoms with van der Waals surface area (Å²) in [6.07, 6.45) is 0. The van der Waals surface area contributed by atoms with Crippen LogP contribution in [-0.4, -0.2) is 45.3 Å². The van der Waals surface area contributed by atoms with Crippen LogP contribution in [0.2, 0.25) is 0 Å². The monoisotopic (exact) mass is 318 g/mol. The molecule has 1 amide bonds. The number of nitrogens with zero attached hydrogens (tertiary/aromatic N) is 3. The van der Waals surface area contributed by atoms with Crippen molar-refractivity contribution in [2.75, 3.05) is 14.1 Å². The van der Waals surface area contributed by atoms with Gasteiger partial charge in [-0.15, -0.1) is 5.10 Å². The van der Waals surface area contributed by atoms with Gasteiger partial charge in [-0.3, -0.25) is 9.89 Å². The van der Waals surface area contributed by atoms with E-state index in [9.17, 15) is 4.79 Å². The number of hydrogen-bond donors (Lipinski definition) is 1. The maximum absolute atomic E-state index is 12.2. The molecule has 1 heterocycles. The SMILES string of the molecule is Cc1ccc(-c2nc(SC(C(=O)N(C)C)C(C)C)n[nH]2)cc1. The molecule has 1 unspecified atom stereocenters. The first-order valence-corrected chi connectivity index (χ1v) is 8.13. The molecule has 0 saturated carbocycles. The molecule has 118 valence electrons. The van der Waals surface area contributed by atoms with Crippen LogP contribution in [0.5, 0.6) is 0 Å². The molecule has 0 aliphatic carbocycles. The Morgan fingerprint density at radius 1 is 1.23 bits per heavy atom. The van der Waals surface area contributed by atoms with E-state index in [1.165, 1.54) is 17.3 Å². The highest BCUT2D eigenvalue weighted by Gasteiger charge is 2.26. The van der Waals surface area contributed by atoms with Gasteiger partial charge in [0.25, 0.3) is 0 Å². The lowest BCUT2D eigenvalue weighted by atomic mass is 10.1. The summed E-state index contributed by atoms with van der Waals surface area (Å²) in [7, 11) is 3.54. The number of H-pyrrole nitrogens is 1. The first kappa shape index (κ1) is 16.5. The molecule has 0 aliphatic heterocycles. The summed E-state index contributed by atoms with van der Waals surface area (Å²) >= 11 is 1.41. The number of aromatic amines is 1. The average Bonchev–Trinajstić information content (AvgIpc) is 2.93. The molecule has 0 bridgehead atoms. The highest BCUT2D eigenvalue weighted by Crippen LogP contribution is 2.28. The van der Waals surface area contributed by atoms with Crippen molar-refractivity contribution >= 4 is 17.7 Å². The van der Waals surface area contributed by atoms with Crippen molar-refractivity contribution < 1.29 is 4.79 Å². The fourth-order valence-corrected chi connectivity index (χ4v) is 3.03. The number of amides is 1. The second-order valence-electron chi connectivity index (χ2n) is 5.85. The maximum Gasteiger partial charge on any atom is 0.235 e. The summed E-state index contributed by atoms with van der Waals surface area (Å²) in [4.78, 5) is 18.4. The van der Waals surface area contributed by atoms with Gasteiger partial charge in [-0.1, -0.05) is 55.4 Å². The molecule has 0 spiro atoms. The lowest BCUT2D eigenvalue weighted by Gasteiger charge is -2.21. The van der Waals surface area contributed by atoms with Gasteiger partial charge >= 0.3 is 0 Å². The van der Waals surface area contributed by atoms with Crippen LogP contribution >= 0.6 is 11.8 Å². The van der Waals surface area contributed by atoms with E-state index in [0.717, 1.165) is 11.4 Å². The average molecular weight is 318 g/mol. The van der Waals surface area contributed by atoms with Gasteiger partial charge in [-0.05, 0) is 12.8 Å². The Labute approximate surface area is 135 Å². The molecule has 22 heavy (non-hydrogen) atoms. The summed E-state index contributed by atoms with van der Waals surface area (Å²) in [5.74, 6) is 1.02. The predicted molar refractivity (Wildman–Crippen MR) is 89.7 cm³/mol. The van der Waals surface area contributed by atoms with E-state index in [0.29, 0.717) is 5.16 Å². The van der Waals surface area contributed by atoms with Crippen molar-refractivity contribution in [3.05, 3.63) is 29.8 Å². The van der Waals surface area contributed by atoms with Gasteiger partial charge < -0.3 is 4.90 Å². The Kier molecular flexibility index (Phi) is 5.24. The fraction of sp³-hybridized carbons (Fsp3) is 0.438. The van der Waals surface area contributed by atoms with Crippen molar-refractivity contribution in [1.29, 1.82) is 0 Å². The number of benzene rings is 1. The number of thioether (sulfide) groups is 1. The Morgan fingerprint density at radius 2 is 1.86 bits per heavy atom. The van der Waals surface area contributed by atoms with Crippen LogP contribution in [-0.2, 0) is 4.79 Å². The molecular formula is C16H22N4OS. The van der Waals surface area contributed by atoms with Crippen LogP contribution in [0.25, 0.3) is 11.4 Å². The van der Waals surface area contributed by atoms with Gasteiger partial charge in [0.1, 0.15) is 0 Å². The van der Waals surface area contributed by atoms with Crippen molar-refractivity contribution in [3.8, 4) is 11.4 Å². The van der Waals surface area contributed by atoms with Crippen molar-refractivity contribution in [3.63, 3.8) is 0 Å². The Hall–Kier alpha value is -1.82. The maximum atomic E-state index is 12.2. The molecular weight excluding hydrogens is 296 g/mol. The Balaban J connectivity index is 2.16. The van der Waals surface area contributed by atoms with Gasteiger partial charge in [-0.25, -0.2) is 4.98 Å². The standard InChI is InChI=1S/C16H22N4OS/c1-10(2)13(15(21)20(4)5)22-16-17-14(18-19-16)12-8-6-11(3)7-9-12/h6-10,13H,1-5H3,(H,17,18,19). The minimum absolute atomic E-state index is 0.0849. The van der Waals surface area contributed by atoms with Crippen LogP contribution < -0.4 is 0 Å².